The Morgan fingerprint density at radius 2 is 2.09 bits per heavy atom. The number of anilines is 1. The summed E-state index contributed by atoms with van der Waals surface area (Å²) in [6.45, 7) is 3.32. The highest BCUT2D eigenvalue weighted by Crippen LogP contribution is 2.28. The van der Waals surface area contributed by atoms with E-state index in [0.717, 1.165) is 12.1 Å². The topological polar surface area (TPSA) is 102 Å². The van der Waals surface area contributed by atoms with Crippen molar-refractivity contribution in [3.63, 3.8) is 0 Å². The number of halogens is 1. The predicted molar refractivity (Wildman–Crippen MR) is 76.1 cm³/mol. The first-order chi connectivity index (χ1) is 10.4. The summed E-state index contributed by atoms with van der Waals surface area (Å²) < 4.78 is 17.7. The van der Waals surface area contributed by atoms with Crippen LogP contribution in [-0.4, -0.2) is 36.6 Å². The SMILES string of the molecule is CCOC(=O)NC(=O)CN(CC)c1ccc(F)cc1[N+](=O)[O-]. The maximum atomic E-state index is 13.1. The third-order valence-electron chi connectivity index (χ3n) is 2.71. The zero-order chi connectivity index (χ0) is 16.7. The lowest BCUT2D eigenvalue weighted by Gasteiger charge is -2.21. The van der Waals surface area contributed by atoms with Gasteiger partial charge in [0.25, 0.3) is 5.69 Å². The number of nitro benzene ring substituents is 1. The van der Waals surface area contributed by atoms with Gasteiger partial charge in [-0.2, -0.15) is 0 Å². The fourth-order valence-corrected chi connectivity index (χ4v) is 1.77. The van der Waals surface area contributed by atoms with Crippen molar-refractivity contribution >= 4 is 23.4 Å². The first kappa shape index (κ1) is 17.3. The van der Waals surface area contributed by atoms with Crippen molar-refractivity contribution in [2.24, 2.45) is 0 Å². The van der Waals surface area contributed by atoms with E-state index in [0.29, 0.717) is 0 Å². The van der Waals surface area contributed by atoms with Gasteiger partial charge < -0.3 is 9.64 Å². The normalized spacial score (nSPS) is 9.95. The Bertz CT molecular complexity index is 579. The van der Waals surface area contributed by atoms with Gasteiger partial charge in [0.05, 0.1) is 24.1 Å². The Balaban J connectivity index is 2.90. The molecule has 0 aliphatic heterocycles. The van der Waals surface area contributed by atoms with Gasteiger partial charge in [0.2, 0.25) is 5.91 Å². The zero-order valence-corrected chi connectivity index (χ0v) is 12.2. The first-order valence-corrected chi connectivity index (χ1v) is 6.54. The largest absolute Gasteiger partial charge is 0.450 e. The van der Waals surface area contributed by atoms with Crippen LogP contribution in [0.2, 0.25) is 0 Å². The molecule has 1 N–H and O–H groups in total. The van der Waals surface area contributed by atoms with Crippen LogP contribution in [0.3, 0.4) is 0 Å². The fraction of sp³-hybridized carbons (Fsp3) is 0.385. The van der Waals surface area contributed by atoms with Gasteiger partial charge in [0.1, 0.15) is 11.5 Å². The van der Waals surface area contributed by atoms with Gasteiger partial charge in [-0.1, -0.05) is 0 Å². The molecule has 0 unspecified atom stereocenters. The summed E-state index contributed by atoms with van der Waals surface area (Å²) in [5, 5.41) is 13.0. The summed E-state index contributed by atoms with van der Waals surface area (Å²) >= 11 is 0. The lowest BCUT2D eigenvalue weighted by Crippen LogP contribution is -2.40. The molecule has 0 aliphatic rings. The summed E-state index contributed by atoms with van der Waals surface area (Å²) in [5.74, 6) is -1.43. The number of rotatable bonds is 6. The van der Waals surface area contributed by atoms with Crippen LogP contribution in [0, 0.1) is 15.9 Å². The van der Waals surface area contributed by atoms with E-state index in [4.69, 9.17) is 0 Å². The average Bonchev–Trinajstić information content (AvgIpc) is 2.45. The number of carbonyl (C=O) groups is 2. The maximum Gasteiger partial charge on any atom is 0.413 e. The molecule has 0 heterocycles. The van der Waals surface area contributed by atoms with E-state index >= 15 is 0 Å². The molecule has 1 aromatic rings. The third kappa shape index (κ3) is 4.69. The van der Waals surface area contributed by atoms with Gasteiger partial charge in [-0.3, -0.25) is 20.2 Å². The van der Waals surface area contributed by atoms with E-state index in [9.17, 15) is 24.1 Å². The Morgan fingerprint density at radius 1 is 1.41 bits per heavy atom. The number of likely N-dealkylation sites (N-methyl/N-ethyl adjacent to an activating group) is 1. The van der Waals surface area contributed by atoms with Gasteiger partial charge in [0.15, 0.2) is 0 Å². The van der Waals surface area contributed by atoms with Crippen molar-refractivity contribution in [1.82, 2.24) is 5.32 Å². The molecule has 0 saturated carbocycles. The van der Waals surface area contributed by atoms with Crippen molar-refractivity contribution in [3.05, 3.63) is 34.1 Å². The number of alkyl carbamates (subject to hydrolysis) is 1. The highest BCUT2D eigenvalue weighted by atomic mass is 19.1. The number of ether oxygens (including phenoxy) is 1. The highest BCUT2D eigenvalue weighted by Gasteiger charge is 2.22. The minimum absolute atomic E-state index is 0.0907. The van der Waals surface area contributed by atoms with Crippen LogP contribution in [0.4, 0.5) is 20.6 Å². The molecule has 1 rings (SSSR count). The molecule has 22 heavy (non-hydrogen) atoms. The number of imide groups is 1. The van der Waals surface area contributed by atoms with Crippen LogP contribution in [0.5, 0.6) is 0 Å². The van der Waals surface area contributed by atoms with Crippen molar-refractivity contribution in [3.8, 4) is 0 Å². The molecule has 0 radical (unpaired) electrons. The van der Waals surface area contributed by atoms with Crippen LogP contribution in [0.25, 0.3) is 0 Å². The highest BCUT2D eigenvalue weighted by molar-refractivity contribution is 5.94. The number of benzene rings is 1. The van der Waals surface area contributed by atoms with Gasteiger partial charge in [-0.25, -0.2) is 9.18 Å². The van der Waals surface area contributed by atoms with Gasteiger partial charge >= 0.3 is 6.09 Å². The molecule has 2 amide bonds. The molecule has 1 aromatic carbocycles. The number of amides is 2. The summed E-state index contributed by atoms with van der Waals surface area (Å²) in [6.07, 6.45) is -0.892. The molecular formula is C13H16FN3O5. The second-order valence-corrected chi connectivity index (χ2v) is 4.17. The average molecular weight is 313 g/mol. The fourth-order valence-electron chi connectivity index (χ4n) is 1.77. The van der Waals surface area contributed by atoms with Crippen LogP contribution in [0.1, 0.15) is 13.8 Å². The smallest absolute Gasteiger partial charge is 0.413 e. The first-order valence-electron chi connectivity index (χ1n) is 6.54. The van der Waals surface area contributed by atoms with E-state index < -0.39 is 28.4 Å². The summed E-state index contributed by atoms with van der Waals surface area (Å²) in [4.78, 5) is 34.5. The molecule has 9 heteroatoms. The van der Waals surface area contributed by atoms with E-state index in [1.807, 2.05) is 5.32 Å². The minimum Gasteiger partial charge on any atom is -0.450 e. The Hall–Kier alpha value is -2.71. The Kier molecular flexibility index (Phi) is 6.24. The summed E-state index contributed by atoms with van der Waals surface area (Å²) in [7, 11) is 0. The van der Waals surface area contributed by atoms with Gasteiger partial charge in [-0.15, -0.1) is 0 Å². The lowest BCUT2D eigenvalue weighted by atomic mass is 10.2. The van der Waals surface area contributed by atoms with E-state index in [2.05, 4.69) is 4.74 Å². The second-order valence-electron chi connectivity index (χ2n) is 4.17. The number of hydrogen-bond donors (Lipinski definition) is 1. The molecule has 0 aromatic heterocycles. The van der Waals surface area contributed by atoms with Crippen LogP contribution in [0.15, 0.2) is 18.2 Å². The monoisotopic (exact) mass is 313 g/mol. The summed E-state index contributed by atoms with van der Waals surface area (Å²) in [6, 6.07) is 3.06. The standard InChI is InChI=1S/C13H16FN3O5/c1-3-16(8-12(18)15-13(19)22-4-2)10-6-5-9(14)7-11(10)17(20)21/h5-7H,3-4,8H2,1-2H3,(H,15,18,19). The van der Waals surface area contributed by atoms with E-state index in [1.165, 1.54) is 11.0 Å². The molecule has 0 atom stereocenters. The lowest BCUT2D eigenvalue weighted by molar-refractivity contribution is -0.384. The Morgan fingerprint density at radius 3 is 2.64 bits per heavy atom. The molecule has 0 spiro atoms. The van der Waals surface area contributed by atoms with Gasteiger partial charge in [0, 0.05) is 6.54 Å². The van der Waals surface area contributed by atoms with E-state index in [-0.39, 0.29) is 25.4 Å². The summed E-state index contributed by atoms with van der Waals surface area (Å²) in [5.41, 5.74) is -0.362. The van der Waals surface area contributed by atoms with Crippen LogP contribution >= 0.6 is 0 Å². The zero-order valence-electron chi connectivity index (χ0n) is 12.2. The van der Waals surface area contributed by atoms with E-state index in [1.54, 1.807) is 13.8 Å². The van der Waals surface area contributed by atoms with Crippen molar-refractivity contribution < 1.29 is 23.6 Å². The maximum absolute atomic E-state index is 13.1. The van der Waals surface area contributed by atoms with Crippen LogP contribution < -0.4 is 10.2 Å². The van der Waals surface area contributed by atoms with Gasteiger partial charge in [-0.05, 0) is 26.0 Å². The predicted octanol–water partition coefficient (Wildman–Crippen LogP) is 1.83. The Labute approximate surface area is 126 Å². The molecule has 0 saturated heterocycles. The number of nitrogens with one attached hydrogen (secondary N) is 1. The molecule has 0 aliphatic carbocycles. The van der Waals surface area contributed by atoms with Crippen LogP contribution in [-0.2, 0) is 9.53 Å². The van der Waals surface area contributed by atoms with Crippen molar-refractivity contribution in [2.45, 2.75) is 13.8 Å². The quantitative estimate of drug-likeness (QED) is 0.635. The third-order valence-corrected chi connectivity index (χ3v) is 2.71. The number of hydrogen-bond acceptors (Lipinski definition) is 6. The number of nitrogens with zero attached hydrogens (tertiary/aromatic N) is 2. The molecular weight excluding hydrogens is 297 g/mol. The molecule has 0 fully saturated rings. The molecule has 0 bridgehead atoms. The second kappa shape index (κ2) is 7.91. The number of carbonyl (C=O) groups excluding carboxylic acids is 2. The van der Waals surface area contributed by atoms with Crippen molar-refractivity contribution in [1.29, 1.82) is 0 Å². The van der Waals surface area contributed by atoms with Crippen molar-refractivity contribution in [2.75, 3.05) is 24.6 Å². The molecule has 120 valence electrons. The number of nitro groups is 1. The molecule has 8 nitrogen and oxygen atoms in total. The minimum atomic E-state index is -0.892.